The van der Waals surface area contributed by atoms with Crippen molar-refractivity contribution in [2.45, 2.75) is 0 Å². The van der Waals surface area contributed by atoms with Gasteiger partial charge in [0.25, 0.3) is 0 Å². The normalized spacial score (nSPS) is 10.8. The van der Waals surface area contributed by atoms with Crippen molar-refractivity contribution in [1.82, 2.24) is 15.0 Å². The minimum Gasteiger partial charge on any atom is -0.495 e. The minimum atomic E-state index is 0.0999. The molecule has 2 aromatic carbocycles. The first-order valence-electron chi connectivity index (χ1n) is 7.63. The summed E-state index contributed by atoms with van der Waals surface area (Å²) in [6, 6.07) is 17.0. The first-order valence-corrected chi connectivity index (χ1v) is 7.63. The smallest absolute Gasteiger partial charge is 0.232 e. The highest BCUT2D eigenvalue weighted by Gasteiger charge is 2.13. The van der Waals surface area contributed by atoms with Crippen LogP contribution in [0.25, 0.3) is 22.6 Å². The van der Waals surface area contributed by atoms with Gasteiger partial charge < -0.3 is 20.2 Å². The van der Waals surface area contributed by atoms with E-state index >= 15 is 0 Å². The maximum absolute atomic E-state index is 5.84. The summed E-state index contributed by atoms with van der Waals surface area (Å²) >= 11 is 0. The fraction of sp³-hybridized carbons (Fsp3) is 0.0556. The summed E-state index contributed by atoms with van der Waals surface area (Å²) in [5.74, 6) is 1.97. The lowest BCUT2D eigenvalue weighted by atomic mass is 10.2. The molecule has 25 heavy (non-hydrogen) atoms. The van der Waals surface area contributed by atoms with Crippen molar-refractivity contribution in [2.24, 2.45) is 0 Å². The van der Waals surface area contributed by atoms with Crippen molar-refractivity contribution >= 4 is 28.6 Å². The number of nitrogen functional groups attached to an aromatic ring is 1. The Bertz CT molecular complexity index is 1010. The monoisotopic (exact) mass is 333 g/mol. The highest BCUT2D eigenvalue weighted by atomic mass is 16.5. The number of nitrogens with zero attached hydrogens (tertiary/aromatic N) is 3. The molecule has 0 unspecified atom stereocenters. The van der Waals surface area contributed by atoms with Crippen molar-refractivity contribution in [1.29, 1.82) is 0 Å². The van der Waals surface area contributed by atoms with E-state index in [-0.39, 0.29) is 5.95 Å². The molecule has 4 aromatic rings. The molecule has 0 fully saturated rings. The molecule has 7 heteroatoms. The highest BCUT2D eigenvalue weighted by Crippen LogP contribution is 2.28. The molecule has 0 spiro atoms. The predicted octanol–water partition coefficient (Wildman–Crippen LogP) is 3.62. The van der Waals surface area contributed by atoms with Gasteiger partial charge in [0.15, 0.2) is 5.76 Å². The lowest BCUT2D eigenvalue weighted by Gasteiger charge is -2.10. The van der Waals surface area contributed by atoms with Crippen molar-refractivity contribution in [3.63, 3.8) is 0 Å². The van der Waals surface area contributed by atoms with Gasteiger partial charge in [-0.25, -0.2) is 0 Å². The number of hydrogen-bond acceptors (Lipinski definition) is 7. The van der Waals surface area contributed by atoms with E-state index in [1.54, 1.807) is 7.11 Å². The largest absolute Gasteiger partial charge is 0.495 e. The Labute approximate surface area is 143 Å². The van der Waals surface area contributed by atoms with E-state index in [0.29, 0.717) is 23.3 Å². The van der Waals surface area contributed by atoms with Crippen LogP contribution in [0.2, 0.25) is 0 Å². The average molecular weight is 333 g/mol. The summed E-state index contributed by atoms with van der Waals surface area (Å²) in [6.45, 7) is 0. The topological polar surface area (TPSA) is 99.1 Å². The molecule has 0 radical (unpaired) electrons. The number of hydrogen-bond donors (Lipinski definition) is 2. The fourth-order valence-corrected chi connectivity index (χ4v) is 2.52. The zero-order valence-electron chi connectivity index (χ0n) is 13.4. The first-order chi connectivity index (χ1) is 12.2. The predicted molar refractivity (Wildman–Crippen MR) is 95.7 cm³/mol. The van der Waals surface area contributed by atoms with Crippen LogP contribution in [0, 0.1) is 0 Å². The molecule has 0 aliphatic heterocycles. The van der Waals surface area contributed by atoms with Crippen LogP contribution in [-0.2, 0) is 0 Å². The maximum atomic E-state index is 5.84. The van der Waals surface area contributed by atoms with Gasteiger partial charge in [0.05, 0.1) is 12.8 Å². The van der Waals surface area contributed by atoms with Crippen LogP contribution in [0.5, 0.6) is 5.75 Å². The molecule has 7 nitrogen and oxygen atoms in total. The number of para-hydroxylation sites is 3. The van der Waals surface area contributed by atoms with Crippen LogP contribution in [-0.4, -0.2) is 22.1 Å². The molecule has 3 N–H and O–H groups in total. The van der Waals surface area contributed by atoms with Crippen LogP contribution in [0.4, 0.5) is 17.6 Å². The quantitative estimate of drug-likeness (QED) is 0.588. The number of nitrogens with two attached hydrogens (primary N) is 1. The van der Waals surface area contributed by atoms with E-state index in [4.69, 9.17) is 14.9 Å². The third kappa shape index (κ3) is 2.94. The summed E-state index contributed by atoms with van der Waals surface area (Å²) < 4.78 is 11.1. The summed E-state index contributed by atoms with van der Waals surface area (Å²) in [5, 5.41) is 4.07. The number of ether oxygens (including phenoxy) is 1. The zero-order chi connectivity index (χ0) is 17.2. The Morgan fingerprint density at radius 1 is 1.00 bits per heavy atom. The Morgan fingerprint density at radius 3 is 2.64 bits per heavy atom. The molecule has 0 saturated carbocycles. The summed E-state index contributed by atoms with van der Waals surface area (Å²) in [4.78, 5) is 12.7. The van der Waals surface area contributed by atoms with Crippen LogP contribution in [0.1, 0.15) is 0 Å². The van der Waals surface area contributed by atoms with Crippen LogP contribution in [0.3, 0.4) is 0 Å². The van der Waals surface area contributed by atoms with Crippen molar-refractivity contribution in [3.8, 4) is 17.3 Å². The van der Waals surface area contributed by atoms with E-state index < -0.39 is 0 Å². The maximum Gasteiger partial charge on any atom is 0.232 e. The third-order valence-electron chi connectivity index (χ3n) is 3.65. The van der Waals surface area contributed by atoms with Gasteiger partial charge in [0.2, 0.25) is 17.7 Å². The second-order valence-corrected chi connectivity index (χ2v) is 5.31. The molecular weight excluding hydrogens is 318 g/mol. The van der Waals surface area contributed by atoms with E-state index in [9.17, 15) is 0 Å². The van der Waals surface area contributed by atoms with E-state index in [2.05, 4.69) is 20.3 Å². The Hall–Kier alpha value is -3.61. The number of rotatable bonds is 4. The molecular formula is C18H15N5O2. The van der Waals surface area contributed by atoms with Gasteiger partial charge in [-0.3, -0.25) is 0 Å². The number of anilines is 3. The first kappa shape index (κ1) is 14.9. The molecule has 0 amide bonds. The Morgan fingerprint density at radius 2 is 1.80 bits per heavy atom. The molecule has 0 aliphatic carbocycles. The summed E-state index contributed by atoms with van der Waals surface area (Å²) in [6.07, 6.45) is 0. The molecule has 0 bridgehead atoms. The second-order valence-electron chi connectivity index (χ2n) is 5.31. The SMILES string of the molecule is COc1ccccc1Nc1nc(N)nc(-c2cc3ccccc3o2)n1. The van der Waals surface area contributed by atoms with Crippen molar-refractivity contribution < 1.29 is 9.15 Å². The van der Waals surface area contributed by atoms with E-state index in [0.717, 1.165) is 16.7 Å². The number of aromatic nitrogens is 3. The van der Waals surface area contributed by atoms with Crippen LogP contribution in [0.15, 0.2) is 59.0 Å². The summed E-state index contributed by atoms with van der Waals surface area (Å²) in [5.41, 5.74) is 7.33. The van der Waals surface area contributed by atoms with Gasteiger partial charge in [0, 0.05) is 5.39 Å². The summed E-state index contributed by atoms with van der Waals surface area (Å²) in [7, 11) is 1.60. The molecule has 2 heterocycles. The Kier molecular flexibility index (Phi) is 3.66. The lowest BCUT2D eigenvalue weighted by Crippen LogP contribution is -2.05. The molecule has 124 valence electrons. The molecule has 4 rings (SSSR count). The number of benzene rings is 2. The van der Waals surface area contributed by atoms with Gasteiger partial charge in [-0.1, -0.05) is 30.3 Å². The van der Waals surface area contributed by atoms with Gasteiger partial charge >= 0.3 is 0 Å². The van der Waals surface area contributed by atoms with E-state index in [1.165, 1.54) is 0 Å². The molecule has 0 aliphatic rings. The third-order valence-corrected chi connectivity index (χ3v) is 3.65. The standard InChI is InChI=1S/C18H15N5O2/c1-24-14-9-5-3-7-12(14)20-18-22-16(21-17(19)23-18)15-10-11-6-2-4-8-13(11)25-15/h2-10H,1H3,(H3,19,20,21,22,23). The van der Waals surface area contributed by atoms with Crippen LogP contribution >= 0.6 is 0 Å². The van der Waals surface area contributed by atoms with Crippen LogP contribution < -0.4 is 15.8 Å². The van der Waals surface area contributed by atoms with Gasteiger partial charge in [-0.15, -0.1) is 0 Å². The highest BCUT2D eigenvalue weighted by molar-refractivity contribution is 5.81. The second kappa shape index (κ2) is 6.12. The number of methoxy groups -OCH3 is 1. The van der Waals surface area contributed by atoms with Gasteiger partial charge in [-0.05, 0) is 24.3 Å². The zero-order valence-corrected chi connectivity index (χ0v) is 13.4. The molecule has 0 atom stereocenters. The van der Waals surface area contributed by atoms with Crippen molar-refractivity contribution in [3.05, 3.63) is 54.6 Å². The Balaban J connectivity index is 1.73. The van der Waals surface area contributed by atoms with Gasteiger partial charge in [0.1, 0.15) is 11.3 Å². The number of nitrogens with one attached hydrogen (secondary N) is 1. The lowest BCUT2D eigenvalue weighted by molar-refractivity contribution is 0.417. The molecule has 2 aromatic heterocycles. The number of fused-ring (bicyclic) bond motifs is 1. The average Bonchev–Trinajstić information content (AvgIpc) is 3.06. The van der Waals surface area contributed by atoms with E-state index in [1.807, 2.05) is 54.6 Å². The fourth-order valence-electron chi connectivity index (χ4n) is 2.52. The molecule has 0 saturated heterocycles. The van der Waals surface area contributed by atoms with Gasteiger partial charge in [-0.2, -0.15) is 15.0 Å². The number of furan rings is 1. The minimum absolute atomic E-state index is 0.0999. The van der Waals surface area contributed by atoms with Crippen molar-refractivity contribution in [2.75, 3.05) is 18.2 Å².